The molecule has 1 heterocycles. The summed E-state index contributed by atoms with van der Waals surface area (Å²) in [5.74, 6) is -0.210. The van der Waals surface area contributed by atoms with Crippen LogP contribution in [0.25, 0.3) is 0 Å². The molecule has 0 spiro atoms. The van der Waals surface area contributed by atoms with Gasteiger partial charge in [-0.15, -0.1) is 0 Å². The highest BCUT2D eigenvalue weighted by atomic mass is 35.5. The van der Waals surface area contributed by atoms with E-state index in [1.54, 1.807) is 6.07 Å². The zero-order chi connectivity index (χ0) is 14.1. The number of carbonyl (C=O) groups excluding carboxylic acids is 1. The van der Waals surface area contributed by atoms with Crippen LogP contribution in [0.2, 0.25) is 5.02 Å². The standard InChI is InChI=1S/C16H15ClN2O/c1-10-6-7-13(17)15(8-10)19-16(20)12-9-18-14-5-3-2-4-11(12)14/h2-8,12,18H,9H2,1H3,(H,19,20). The van der Waals surface area contributed by atoms with E-state index >= 15 is 0 Å². The van der Waals surface area contributed by atoms with Crippen molar-refractivity contribution in [1.82, 2.24) is 0 Å². The number of fused-ring (bicyclic) bond motifs is 1. The smallest absolute Gasteiger partial charge is 0.233 e. The van der Waals surface area contributed by atoms with E-state index < -0.39 is 0 Å². The van der Waals surface area contributed by atoms with Crippen LogP contribution in [0.3, 0.4) is 0 Å². The number of anilines is 2. The second-order valence-corrected chi connectivity index (χ2v) is 5.40. The van der Waals surface area contributed by atoms with Gasteiger partial charge in [-0.05, 0) is 36.2 Å². The molecule has 2 aromatic rings. The van der Waals surface area contributed by atoms with E-state index in [4.69, 9.17) is 11.6 Å². The molecule has 3 rings (SSSR count). The lowest BCUT2D eigenvalue weighted by Crippen LogP contribution is -2.22. The normalized spacial score (nSPS) is 16.4. The van der Waals surface area contributed by atoms with E-state index in [9.17, 15) is 4.79 Å². The first-order valence-electron chi connectivity index (χ1n) is 6.55. The van der Waals surface area contributed by atoms with Crippen molar-refractivity contribution in [2.75, 3.05) is 17.2 Å². The number of carbonyl (C=O) groups is 1. The zero-order valence-electron chi connectivity index (χ0n) is 11.1. The molecule has 0 aliphatic carbocycles. The summed E-state index contributed by atoms with van der Waals surface area (Å²) in [5.41, 5.74) is 3.80. The van der Waals surface area contributed by atoms with Crippen molar-refractivity contribution in [3.05, 3.63) is 58.6 Å². The number of amides is 1. The molecule has 0 saturated carbocycles. The molecule has 0 saturated heterocycles. The minimum Gasteiger partial charge on any atom is -0.384 e. The lowest BCUT2D eigenvalue weighted by molar-refractivity contribution is -0.117. The molecule has 4 heteroatoms. The maximum Gasteiger partial charge on any atom is 0.233 e. The Morgan fingerprint density at radius 2 is 2.10 bits per heavy atom. The Labute approximate surface area is 123 Å². The minimum atomic E-state index is -0.178. The Hall–Kier alpha value is -2.00. The van der Waals surface area contributed by atoms with Crippen LogP contribution < -0.4 is 10.6 Å². The Kier molecular flexibility index (Phi) is 3.36. The lowest BCUT2D eigenvalue weighted by Gasteiger charge is -2.13. The van der Waals surface area contributed by atoms with Crippen LogP contribution in [-0.4, -0.2) is 12.5 Å². The molecule has 1 amide bonds. The van der Waals surface area contributed by atoms with Crippen molar-refractivity contribution in [3.63, 3.8) is 0 Å². The summed E-state index contributed by atoms with van der Waals surface area (Å²) in [7, 11) is 0. The third-order valence-corrected chi connectivity index (χ3v) is 3.86. The van der Waals surface area contributed by atoms with Gasteiger partial charge in [0.05, 0.1) is 16.6 Å². The summed E-state index contributed by atoms with van der Waals surface area (Å²) in [4.78, 5) is 12.4. The van der Waals surface area contributed by atoms with Crippen molar-refractivity contribution < 1.29 is 4.79 Å². The van der Waals surface area contributed by atoms with Gasteiger partial charge in [-0.3, -0.25) is 4.79 Å². The Morgan fingerprint density at radius 3 is 2.95 bits per heavy atom. The molecule has 1 unspecified atom stereocenters. The number of nitrogens with one attached hydrogen (secondary N) is 2. The molecule has 20 heavy (non-hydrogen) atoms. The van der Waals surface area contributed by atoms with Crippen molar-refractivity contribution in [2.24, 2.45) is 0 Å². The molecule has 1 atom stereocenters. The van der Waals surface area contributed by atoms with E-state index in [1.165, 1.54) is 0 Å². The molecular weight excluding hydrogens is 272 g/mol. The number of halogens is 1. The van der Waals surface area contributed by atoms with Crippen LogP contribution in [-0.2, 0) is 4.79 Å². The summed E-state index contributed by atoms with van der Waals surface area (Å²) < 4.78 is 0. The third kappa shape index (κ3) is 2.37. The van der Waals surface area contributed by atoms with Crippen LogP contribution in [0, 0.1) is 6.92 Å². The maximum absolute atomic E-state index is 12.4. The fourth-order valence-electron chi connectivity index (χ4n) is 2.47. The van der Waals surface area contributed by atoms with Crippen LogP contribution in [0.5, 0.6) is 0 Å². The van der Waals surface area contributed by atoms with E-state index in [1.807, 2.05) is 43.3 Å². The van der Waals surface area contributed by atoms with Gasteiger partial charge in [0.2, 0.25) is 5.91 Å². The molecule has 3 nitrogen and oxygen atoms in total. The Bertz CT molecular complexity index is 669. The highest BCUT2D eigenvalue weighted by molar-refractivity contribution is 6.33. The summed E-state index contributed by atoms with van der Waals surface area (Å²) in [6.45, 7) is 2.59. The average molecular weight is 287 g/mol. The second-order valence-electron chi connectivity index (χ2n) is 4.99. The molecular formula is C16H15ClN2O. The predicted molar refractivity (Wildman–Crippen MR) is 82.5 cm³/mol. The third-order valence-electron chi connectivity index (χ3n) is 3.53. The zero-order valence-corrected chi connectivity index (χ0v) is 11.9. The summed E-state index contributed by atoms with van der Waals surface area (Å²) >= 11 is 6.12. The quantitative estimate of drug-likeness (QED) is 0.882. The SMILES string of the molecule is Cc1ccc(Cl)c(NC(=O)C2CNc3ccccc32)c1. The van der Waals surface area contributed by atoms with Gasteiger partial charge < -0.3 is 10.6 Å². The van der Waals surface area contributed by atoms with E-state index in [2.05, 4.69) is 10.6 Å². The number of benzene rings is 2. The molecule has 2 aromatic carbocycles. The average Bonchev–Trinajstić information content (AvgIpc) is 2.87. The largest absolute Gasteiger partial charge is 0.384 e. The van der Waals surface area contributed by atoms with Gasteiger partial charge in [0, 0.05) is 12.2 Å². The van der Waals surface area contributed by atoms with Crippen LogP contribution in [0.1, 0.15) is 17.0 Å². The number of aryl methyl sites for hydroxylation is 1. The number of rotatable bonds is 2. The Balaban J connectivity index is 1.83. The molecule has 1 aliphatic rings. The highest BCUT2D eigenvalue weighted by Gasteiger charge is 2.28. The minimum absolute atomic E-state index is 0.0325. The molecule has 0 radical (unpaired) electrons. The first-order chi connectivity index (χ1) is 9.65. The molecule has 2 N–H and O–H groups in total. The van der Waals surface area contributed by atoms with Crippen molar-refractivity contribution in [2.45, 2.75) is 12.8 Å². The number of hydrogen-bond donors (Lipinski definition) is 2. The van der Waals surface area contributed by atoms with Gasteiger partial charge in [-0.2, -0.15) is 0 Å². The second kappa shape index (κ2) is 5.17. The molecule has 102 valence electrons. The Morgan fingerprint density at radius 1 is 1.30 bits per heavy atom. The molecule has 0 bridgehead atoms. The predicted octanol–water partition coefficient (Wildman–Crippen LogP) is 3.80. The van der Waals surface area contributed by atoms with Gasteiger partial charge in [0.25, 0.3) is 0 Å². The molecule has 0 aromatic heterocycles. The van der Waals surface area contributed by atoms with Crippen LogP contribution in [0.4, 0.5) is 11.4 Å². The van der Waals surface area contributed by atoms with Crippen LogP contribution in [0.15, 0.2) is 42.5 Å². The number of hydrogen-bond acceptors (Lipinski definition) is 2. The van der Waals surface area contributed by atoms with E-state index in [0.717, 1.165) is 16.8 Å². The van der Waals surface area contributed by atoms with Crippen molar-refractivity contribution in [1.29, 1.82) is 0 Å². The van der Waals surface area contributed by atoms with Crippen molar-refractivity contribution >= 4 is 28.9 Å². The van der Waals surface area contributed by atoms with Gasteiger partial charge in [0.1, 0.15) is 0 Å². The summed E-state index contributed by atoms with van der Waals surface area (Å²) in [5, 5.41) is 6.73. The van der Waals surface area contributed by atoms with Crippen molar-refractivity contribution in [3.8, 4) is 0 Å². The maximum atomic E-state index is 12.4. The first kappa shape index (κ1) is 13.0. The first-order valence-corrected chi connectivity index (χ1v) is 6.93. The van der Waals surface area contributed by atoms with Gasteiger partial charge in [-0.1, -0.05) is 35.9 Å². The fourth-order valence-corrected chi connectivity index (χ4v) is 2.64. The fraction of sp³-hybridized carbons (Fsp3) is 0.188. The van der Waals surface area contributed by atoms with E-state index in [-0.39, 0.29) is 11.8 Å². The van der Waals surface area contributed by atoms with E-state index in [0.29, 0.717) is 17.3 Å². The van der Waals surface area contributed by atoms with Crippen LogP contribution >= 0.6 is 11.6 Å². The summed E-state index contributed by atoms with van der Waals surface area (Å²) in [6.07, 6.45) is 0. The number of para-hydroxylation sites is 1. The highest BCUT2D eigenvalue weighted by Crippen LogP contribution is 2.32. The topological polar surface area (TPSA) is 41.1 Å². The molecule has 0 fully saturated rings. The lowest BCUT2D eigenvalue weighted by atomic mass is 10.0. The van der Waals surface area contributed by atoms with Gasteiger partial charge in [-0.25, -0.2) is 0 Å². The summed E-state index contributed by atoms with van der Waals surface area (Å²) in [6, 6.07) is 13.5. The van der Waals surface area contributed by atoms with Gasteiger partial charge >= 0.3 is 0 Å². The van der Waals surface area contributed by atoms with Gasteiger partial charge in [0.15, 0.2) is 0 Å². The monoisotopic (exact) mass is 286 g/mol. The molecule has 1 aliphatic heterocycles.